The summed E-state index contributed by atoms with van der Waals surface area (Å²) in [6.45, 7) is 2.25. The maximum atomic E-state index is 2.34. The van der Waals surface area contributed by atoms with Crippen LogP contribution in [0.2, 0.25) is 0 Å². The van der Waals surface area contributed by atoms with E-state index in [4.69, 9.17) is 0 Å². The van der Waals surface area contributed by atoms with Crippen LogP contribution >= 0.6 is 7.92 Å². The van der Waals surface area contributed by atoms with E-state index in [0.717, 1.165) is 0 Å². The van der Waals surface area contributed by atoms with Gasteiger partial charge in [0.15, 0.2) is 0 Å². The fourth-order valence-corrected chi connectivity index (χ4v) is 6.59. The van der Waals surface area contributed by atoms with Crippen molar-refractivity contribution < 1.29 is 0 Å². The first-order chi connectivity index (χ1) is 15.8. The first kappa shape index (κ1) is 20.4. The fraction of sp³-hybridized carbons (Fsp3) is 0.0323. The van der Waals surface area contributed by atoms with Gasteiger partial charge in [0.2, 0.25) is 0 Å². The molecule has 0 aromatic heterocycles. The van der Waals surface area contributed by atoms with E-state index in [9.17, 15) is 0 Å². The second-order valence-electron chi connectivity index (χ2n) is 7.95. The molecule has 0 radical (unpaired) electrons. The van der Waals surface area contributed by atoms with Crippen molar-refractivity contribution in [1.82, 2.24) is 0 Å². The lowest BCUT2D eigenvalue weighted by molar-refractivity contribution is 1.50. The van der Waals surface area contributed by atoms with Crippen LogP contribution < -0.4 is 15.9 Å². The number of hydrogen-bond acceptors (Lipinski definition) is 0. The Hall–Kier alpha value is -3.47. The van der Waals surface area contributed by atoms with Gasteiger partial charge in [-0.05, 0) is 58.6 Å². The van der Waals surface area contributed by atoms with Crippen LogP contribution in [-0.2, 0) is 0 Å². The third kappa shape index (κ3) is 4.28. The summed E-state index contributed by atoms with van der Waals surface area (Å²) in [5.74, 6) is 0. The average molecular weight is 429 g/mol. The van der Waals surface area contributed by atoms with Crippen LogP contribution in [0.5, 0.6) is 0 Å². The van der Waals surface area contributed by atoms with Crippen LogP contribution in [0, 0.1) is 6.92 Å². The van der Waals surface area contributed by atoms with Crippen molar-refractivity contribution in [2.75, 3.05) is 0 Å². The minimum Gasteiger partial charge on any atom is -0.0622 e. The first-order valence-corrected chi connectivity index (χ1v) is 12.3. The topological polar surface area (TPSA) is 0 Å². The molecule has 154 valence electrons. The van der Waals surface area contributed by atoms with Crippen LogP contribution in [0.15, 0.2) is 133 Å². The van der Waals surface area contributed by atoms with Crippen molar-refractivity contribution in [3.05, 3.63) is 139 Å². The normalized spacial score (nSPS) is 10.9. The molecule has 0 fully saturated rings. The number of benzene rings is 5. The zero-order valence-corrected chi connectivity index (χ0v) is 19.0. The second-order valence-corrected chi connectivity index (χ2v) is 10.1. The number of hydrogen-bond donors (Lipinski definition) is 0. The van der Waals surface area contributed by atoms with Crippen molar-refractivity contribution in [1.29, 1.82) is 0 Å². The van der Waals surface area contributed by atoms with Gasteiger partial charge in [-0.1, -0.05) is 133 Å². The van der Waals surface area contributed by atoms with E-state index in [1.54, 1.807) is 0 Å². The Bertz CT molecular complexity index is 1250. The van der Waals surface area contributed by atoms with E-state index in [-0.39, 0.29) is 0 Å². The quantitative estimate of drug-likeness (QED) is 0.262. The Morgan fingerprint density at radius 2 is 0.812 bits per heavy atom. The molecule has 32 heavy (non-hydrogen) atoms. The van der Waals surface area contributed by atoms with Crippen LogP contribution in [0.4, 0.5) is 0 Å². The Morgan fingerprint density at radius 1 is 0.406 bits per heavy atom. The molecule has 0 unspecified atom stereocenters. The summed E-state index contributed by atoms with van der Waals surface area (Å²) in [6.07, 6.45) is 0. The predicted octanol–water partition coefficient (Wildman–Crippen LogP) is 7.09. The lowest BCUT2D eigenvalue weighted by Gasteiger charge is -2.22. The maximum absolute atomic E-state index is 2.34. The highest BCUT2D eigenvalue weighted by Crippen LogP contribution is 2.35. The van der Waals surface area contributed by atoms with Gasteiger partial charge in [0.25, 0.3) is 0 Å². The largest absolute Gasteiger partial charge is 0.0622 e. The van der Waals surface area contributed by atoms with Crippen LogP contribution in [-0.4, -0.2) is 0 Å². The molecule has 0 atom stereocenters. The van der Waals surface area contributed by atoms with E-state index in [0.29, 0.717) is 0 Å². The molecule has 5 aromatic rings. The number of rotatable bonds is 5. The van der Waals surface area contributed by atoms with Gasteiger partial charge < -0.3 is 0 Å². The summed E-state index contributed by atoms with van der Waals surface area (Å²) in [7, 11) is -0.584. The smallest absolute Gasteiger partial charge is 0.0121 e. The number of aryl methyl sites for hydroxylation is 1. The van der Waals surface area contributed by atoms with E-state index >= 15 is 0 Å². The lowest BCUT2D eigenvalue weighted by Crippen LogP contribution is -2.22. The van der Waals surface area contributed by atoms with Crippen molar-refractivity contribution in [2.45, 2.75) is 6.92 Å². The summed E-state index contributed by atoms with van der Waals surface area (Å²) in [6, 6.07) is 48.2. The standard InChI is InChI=1S/C31H25P/c1-24-23-28(27-19-17-26(18-20-27)25-11-5-2-6-12-25)21-22-31(24)32(29-13-7-3-8-14-29)30-15-9-4-10-16-30/h2-23H,1H3. The van der Waals surface area contributed by atoms with Crippen LogP contribution in [0.3, 0.4) is 0 Å². The summed E-state index contributed by atoms with van der Waals surface area (Å²) >= 11 is 0. The SMILES string of the molecule is Cc1cc(-c2ccc(-c3ccccc3)cc2)ccc1P(c1ccccc1)c1ccccc1. The zero-order valence-electron chi connectivity index (χ0n) is 18.1. The summed E-state index contributed by atoms with van der Waals surface area (Å²) in [5, 5.41) is 4.19. The van der Waals surface area contributed by atoms with Crippen LogP contribution in [0.25, 0.3) is 22.3 Å². The van der Waals surface area contributed by atoms with E-state index in [2.05, 4.69) is 140 Å². The van der Waals surface area contributed by atoms with Gasteiger partial charge >= 0.3 is 0 Å². The molecule has 1 heteroatoms. The molecule has 0 aliphatic heterocycles. The lowest BCUT2D eigenvalue weighted by atomic mass is 9.99. The molecule has 0 aliphatic carbocycles. The predicted molar refractivity (Wildman–Crippen MR) is 141 cm³/mol. The molecule has 0 bridgehead atoms. The zero-order chi connectivity index (χ0) is 21.8. The van der Waals surface area contributed by atoms with Crippen LogP contribution in [0.1, 0.15) is 5.56 Å². The van der Waals surface area contributed by atoms with Gasteiger partial charge in [-0.25, -0.2) is 0 Å². The van der Waals surface area contributed by atoms with Gasteiger partial charge in [-0.15, -0.1) is 0 Å². The highest BCUT2D eigenvalue weighted by molar-refractivity contribution is 7.79. The first-order valence-electron chi connectivity index (χ1n) is 11.0. The molecule has 0 nitrogen and oxygen atoms in total. The highest BCUT2D eigenvalue weighted by atomic mass is 31.1. The minimum absolute atomic E-state index is 0.584. The molecule has 5 aromatic carbocycles. The maximum Gasteiger partial charge on any atom is -0.0121 e. The van der Waals surface area contributed by atoms with Crippen molar-refractivity contribution in [3.63, 3.8) is 0 Å². The molecule has 0 heterocycles. The van der Waals surface area contributed by atoms with Gasteiger partial charge in [0.05, 0.1) is 0 Å². The van der Waals surface area contributed by atoms with E-state index < -0.39 is 7.92 Å². The van der Waals surface area contributed by atoms with Crippen molar-refractivity contribution >= 4 is 23.8 Å². The van der Waals surface area contributed by atoms with E-state index in [1.165, 1.54) is 43.7 Å². The van der Waals surface area contributed by atoms with Gasteiger partial charge in [0.1, 0.15) is 0 Å². The summed E-state index contributed by atoms with van der Waals surface area (Å²) < 4.78 is 0. The Balaban J connectivity index is 1.51. The van der Waals surface area contributed by atoms with Gasteiger partial charge in [-0.2, -0.15) is 0 Å². The molecular weight excluding hydrogens is 403 g/mol. The van der Waals surface area contributed by atoms with Crippen molar-refractivity contribution in [2.24, 2.45) is 0 Å². The Morgan fingerprint density at radius 3 is 1.31 bits per heavy atom. The molecule has 0 saturated carbocycles. The second kappa shape index (κ2) is 9.35. The Labute approximate surface area is 192 Å². The molecule has 0 amide bonds. The molecule has 0 aliphatic rings. The van der Waals surface area contributed by atoms with Gasteiger partial charge in [-0.3, -0.25) is 0 Å². The summed E-state index contributed by atoms with van der Waals surface area (Å²) in [5.41, 5.74) is 6.36. The highest BCUT2D eigenvalue weighted by Gasteiger charge is 2.18. The molecular formula is C31H25P. The third-order valence-corrected chi connectivity index (χ3v) is 8.40. The van der Waals surface area contributed by atoms with Gasteiger partial charge in [0, 0.05) is 0 Å². The third-order valence-electron chi connectivity index (χ3n) is 5.79. The monoisotopic (exact) mass is 428 g/mol. The molecule has 0 N–H and O–H groups in total. The average Bonchev–Trinajstić information content (AvgIpc) is 2.87. The van der Waals surface area contributed by atoms with Crippen molar-refractivity contribution in [3.8, 4) is 22.3 Å². The molecule has 0 saturated heterocycles. The Kier molecular flexibility index (Phi) is 5.97. The minimum atomic E-state index is -0.584. The van der Waals surface area contributed by atoms with E-state index in [1.807, 2.05) is 0 Å². The molecule has 5 rings (SSSR count). The molecule has 0 spiro atoms. The summed E-state index contributed by atoms with van der Waals surface area (Å²) in [4.78, 5) is 0. The fourth-order valence-electron chi connectivity index (χ4n) is 4.15.